The van der Waals surface area contributed by atoms with Crippen LogP contribution in [0.3, 0.4) is 0 Å². The molecule has 1 saturated heterocycles. The quantitative estimate of drug-likeness (QED) is 0.798. The maximum Gasteiger partial charge on any atom is 0.183 e. The van der Waals surface area contributed by atoms with E-state index in [0.29, 0.717) is 12.3 Å². The predicted molar refractivity (Wildman–Crippen MR) is 71.2 cm³/mol. The van der Waals surface area contributed by atoms with E-state index in [1.165, 1.54) is 12.0 Å². The fourth-order valence-corrected chi connectivity index (χ4v) is 2.42. The van der Waals surface area contributed by atoms with Gasteiger partial charge in [0, 0.05) is 25.7 Å². The summed E-state index contributed by atoms with van der Waals surface area (Å²) in [5.74, 6) is 0.698. The first-order valence-corrected chi connectivity index (χ1v) is 6.64. The number of carbonyl (C=O) groups is 1. The first-order valence-electron chi connectivity index (χ1n) is 6.64. The van der Waals surface area contributed by atoms with Crippen LogP contribution in [-0.2, 0) is 11.2 Å². The maximum absolute atomic E-state index is 12.1. The summed E-state index contributed by atoms with van der Waals surface area (Å²) in [5.41, 5.74) is 4.12. The number of rotatable bonds is 2. The van der Waals surface area contributed by atoms with Crippen molar-refractivity contribution in [1.29, 1.82) is 0 Å². The Labute approximate surface area is 108 Å². The lowest BCUT2D eigenvalue weighted by atomic mass is 9.93. The lowest BCUT2D eigenvalue weighted by Gasteiger charge is -2.35. The Morgan fingerprint density at radius 2 is 2.11 bits per heavy atom. The van der Waals surface area contributed by atoms with Crippen LogP contribution in [-0.4, -0.2) is 28.8 Å². The number of hydrogen-bond donors (Lipinski definition) is 0. The van der Waals surface area contributed by atoms with Gasteiger partial charge in [0.25, 0.3) is 0 Å². The molecule has 0 N–H and O–H groups in total. The molecule has 0 spiro atoms. The Bertz CT molecular complexity index is 527. The van der Waals surface area contributed by atoms with Crippen LogP contribution in [0.4, 0.5) is 0 Å². The third kappa shape index (κ3) is 1.84. The number of carbonyl (C=O) groups excluding carboxylic acids is 1. The second kappa shape index (κ2) is 4.23. The van der Waals surface area contributed by atoms with E-state index in [-0.39, 0.29) is 5.78 Å². The molecule has 0 aromatic carbocycles. The molecule has 0 unspecified atom stereocenters. The van der Waals surface area contributed by atoms with Crippen LogP contribution in [0.25, 0.3) is 6.08 Å². The van der Waals surface area contributed by atoms with Gasteiger partial charge < -0.3 is 4.90 Å². The minimum absolute atomic E-state index is 0.241. The third-order valence-electron chi connectivity index (χ3n) is 3.80. The zero-order valence-electron chi connectivity index (χ0n) is 10.9. The van der Waals surface area contributed by atoms with Crippen LogP contribution in [0.2, 0.25) is 0 Å². The number of Topliss-reactive ketones (excluding diaryl/α,β-unsaturated/α-hetero) is 1. The molecule has 2 heterocycles. The molecule has 3 heteroatoms. The summed E-state index contributed by atoms with van der Waals surface area (Å²) in [6.07, 6.45) is 5.59. The van der Waals surface area contributed by atoms with Crippen molar-refractivity contribution in [1.82, 2.24) is 9.88 Å². The minimum Gasteiger partial charge on any atom is -0.368 e. The summed E-state index contributed by atoms with van der Waals surface area (Å²) in [5, 5.41) is 0. The summed E-state index contributed by atoms with van der Waals surface area (Å²) >= 11 is 0. The second-order valence-electron chi connectivity index (χ2n) is 5.44. The van der Waals surface area contributed by atoms with Gasteiger partial charge in [-0.2, -0.15) is 0 Å². The molecule has 1 aliphatic carbocycles. The first kappa shape index (κ1) is 11.5. The molecule has 1 fully saturated rings. The van der Waals surface area contributed by atoms with Crippen molar-refractivity contribution >= 4 is 11.9 Å². The highest BCUT2D eigenvalue weighted by Gasteiger charge is 2.27. The van der Waals surface area contributed by atoms with Crippen molar-refractivity contribution < 1.29 is 4.79 Å². The van der Waals surface area contributed by atoms with E-state index in [2.05, 4.69) is 29.8 Å². The predicted octanol–water partition coefficient (Wildman–Crippen LogP) is 2.38. The van der Waals surface area contributed by atoms with Gasteiger partial charge in [-0.15, -0.1) is 0 Å². The van der Waals surface area contributed by atoms with Gasteiger partial charge in [0.2, 0.25) is 0 Å². The number of hydrogen-bond acceptors (Lipinski definition) is 3. The molecule has 2 aliphatic rings. The highest BCUT2D eigenvalue weighted by molar-refractivity contribution is 6.02. The van der Waals surface area contributed by atoms with Gasteiger partial charge in [0.1, 0.15) is 0 Å². The van der Waals surface area contributed by atoms with Crippen molar-refractivity contribution in [2.75, 3.05) is 13.1 Å². The lowest BCUT2D eigenvalue weighted by Crippen LogP contribution is -2.40. The number of fused-ring (bicyclic) bond motifs is 1. The Balaban J connectivity index is 1.97. The number of aromatic nitrogens is 1. The molecule has 0 atom stereocenters. The molecular weight excluding hydrogens is 224 g/mol. The van der Waals surface area contributed by atoms with Gasteiger partial charge in [0.05, 0.1) is 11.4 Å². The number of pyridine rings is 1. The number of likely N-dealkylation sites (tertiary alicyclic amines) is 1. The summed E-state index contributed by atoms with van der Waals surface area (Å²) < 4.78 is 0. The van der Waals surface area contributed by atoms with Crippen LogP contribution < -0.4 is 0 Å². The van der Waals surface area contributed by atoms with E-state index in [0.717, 1.165) is 30.0 Å². The zero-order chi connectivity index (χ0) is 12.7. The maximum atomic E-state index is 12.1. The molecule has 0 amide bonds. The minimum atomic E-state index is 0.241. The van der Waals surface area contributed by atoms with Crippen LogP contribution in [0.5, 0.6) is 0 Å². The number of nitrogens with zero attached hydrogens (tertiary/aromatic N) is 2. The Hall–Kier alpha value is -1.64. The first-order chi connectivity index (χ1) is 8.65. The largest absolute Gasteiger partial charge is 0.368 e. The van der Waals surface area contributed by atoms with Crippen molar-refractivity contribution in [3.05, 3.63) is 34.8 Å². The van der Waals surface area contributed by atoms with Crippen molar-refractivity contribution in [3.8, 4) is 0 Å². The standard InChI is InChI=1S/C15H18N2O/c1-10(2)12-6-11-7-15(18)14(17-4-3-5-17)8-13(11)16-9-12/h6,8-10H,3-5,7H2,1-2H3. The average Bonchev–Trinajstić information content (AvgIpc) is 2.27. The molecule has 0 bridgehead atoms. The van der Waals surface area contributed by atoms with Gasteiger partial charge in [-0.25, -0.2) is 0 Å². The van der Waals surface area contributed by atoms with Gasteiger partial charge in [-0.05, 0) is 29.5 Å². The van der Waals surface area contributed by atoms with Gasteiger partial charge in [-0.3, -0.25) is 9.78 Å². The normalized spacial score (nSPS) is 18.5. The summed E-state index contributed by atoms with van der Waals surface area (Å²) in [6, 6.07) is 2.13. The van der Waals surface area contributed by atoms with Crippen LogP contribution in [0.1, 0.15) is 43.0 Å². The molecule has 0 saturated carbocycles. The van der Waals surface area contributed by atoms with E-state index >= 15 is 0 Å². The third-order valence-corrected chi connectivity index (χ3v) is 3.80. The molecule has 18 heavy (non-hydrogen) atoms. The van der Waals surface area contributed by atoms with Crippen LogP contribution in [0.15, 0.2) is 18.0 Å². The molecule has 1 aromatic rings. The van der Waals surface area contributed by atoms with E-state index < -0.39 is 0 Å². The molecular formula is C15H18N2O. The fourth-order valence-electron chi connectivity index (χ4n) is 2.42. The highest BCUT2D eigenvalue weighted by atomic mass is 16.1. The van der Waals surface area contributed by atoms with Gasteiger partial charge >= 0.3 is 0 Å². The number of ketones is 1. The average molecular weight is 242 g/mol. The molecule has 94 valence electrons. The fraction of sp³-hybridized carbons (Fsp3) is 0.467. The SMILES string of the molecule is CC(C)c1cnc2c(c1)CC(=O)C(N1CCC1)=C2. The summed E-state index contributed by atoms with van der Waals surface area (Å²) in [7, 11) is 0. The van der Waals surface area contributed by atoms with Crippen LogP contribution >= 0.6 is 0 Å². The van der Waals surface area contributed by atoms with Crippen molar-refractivity contribution in [3.63, 3.8) is 0 Å². The van der Waals surface area contributed by atoms with Gasteiger partial charge in [0.15, 0.2) is 5.78 Å². The van der Waals surface area contributed by atoms with E-state index in [9.17, 15) is 4.79 Å². The monoisotopic (exact) mass is 242 g/mol. The number of allylic oxidation sites excluding steroid dienone is 1. The molecule has 1 aliphatic heterocycles. The Morgan fingerprint density at radius 3 is 2.72 bits per heavy atom. The molecule has 0 radical (unpaired) electrons. The highest BCUT2D eigenvalue weighted by Crippen LogP contribution is 2.27. The second-order valence-corrected chi connectivity index (χ2v) is 5.44. The van der Waals surface area contributed by atoms with E-state index in [1.807, 2.05) is 12.3 Å². The Morgan fingerprint density at radius 1 is 1.33 bits per heavy atom. The van der Waals surface area contributed by atoms with E-state index in [1.54, 1.807) is 0 Å². The van der Waals surface area contributed by atoms with Crippen molar-refractivity contribution in [2.24, 2.45) is 0 Å². The van der Waals surface area contributed by atoms with Crippen LogP contribution in [0, 0.1) is 0 Å². The smallest absolute Gasteiger partial charge is 0.183 e. The topological polar surface area (TPSA) is 33.2 Å². The lowest BCUT2D eigenvalue weighted by molar-refractivity contribution is -0.116. The molecule has 3 nitrogen and oxygen atoms in total. The summed E-state index contributed by atoms with van der Waals surface area (Å²) in [6.45, 7) is 6.32. The van der Waals surface area contributed by atoms with Gasteiger partial charge in [-0.1, -0.05) is 19.9 Å². The summed E-state index contributed by atoms with van der Waals surface area (Å²) in [4.78, 5) is 18.8. The van der Waals surface area contributed by atoms with E-state index in [4.69, 9.17) is 0 Å². The van der Waals surface area contributed by atoms with Crippen molar-refractivity contribution in [2.45, 2.75) is 32.6 Å². The molecule has 1 aromatic heterocycles. The molecule has 3 rings (SSSR count). The zero-order valence-corrected chi connectivity index (χ0v) is 10.9. The Kier molecular flexibility index (Phi) is 2.69.